The average Bonchev–Trinajstić information content (AvgIpc) is 2.73. The number of ketones is 1. The smallest absolute Gasteiger partial charge is 0.243 e. The van der Waals surface area contributed by atoms with Crippen molar-refractivity contribution in [3.05, 3.63) is 65.2 Å². The summed E-state index contributed by atoms with van der Waals surface area (Å²) in [4.78, 5) is 13.9. The summed E-state index contributed by atoms with van der Waals surface area (Å²) < 4.78 is 27.6. The number of carbonyl (C=O) groups is 1. The van der Waals surface area contributed by atoms with Gasteiger partial charge in [-0.15, -0.1) is 0 Å². The van der Waals surface area contributed by atoms with Crippen LogP contribution in [0.2, 0.25) is 5.02 Å². The number of rotatable bonds is 6. The van der Waals surface area contributed by atoms with Crippen LogP contribution in [0.25, 0.3) is 6.08 Å². The van der Waals surface area contributed by atoms with Crippen molar-refractivity contribution in [1.82, 2.24) is 4.31 Å². The van der Waals surface area contributed by atoms with Gasteiger partial charge in [0.25, 0.3) is 0 Å². The zero-order valence-electron chi connectivity index (χ0n) is 15.7. The Hall–Kier alpha value is -2.15. The molecule has 1 aliphatic rings. The lowest BCUT2D eigenvalue weighted by Crippen LogP contribution is -2.48. The molecule has 7 heteroatoms. The Morgan fingerprint density at radius 3 is 2.39 bits per heavy atom. The molecule has 148 valence electrons. The Bertz CT molecular complexity index is 963. The molecule has 0 amide bonds. The summed E-state index contributed by atoms with van der Waals surface area (Å²) in [6.45, 7) is 3.85. The molecule has 3 rings (SSSR count). The SMILES string of the molecule is CCC(=O)/C=C/c1cccc(S(=O)(=O)N2CCN(c3ccc(Cl)cc3)CC2)c1. The van der Waals surface area contributed by atoms with Crippen molar-refractivity contribution in [3.8, 4) is 0 Å². The van der Waals surface area contributed by atoms with Crippen LogP contribution in [-0.2, 0) is 14.8 Å². The molecule has 2 aromatic rings. The maximum absolute atomic E-state index is 13.0. The van der Waals surface area contributed by atoms with Crippen LogP contribution in [0.4, 0.5) is 5.69 Å². The van der Waals surface area contributed by atoms with Crippen LogP contribution < -0.4 is 4.90 Å². The Morgan fingerprint density at radius 1 is 1.07 bits per heavy atom. The second-order valence-corrected chi connectivity index (χ2v) is 8.97. The summed E-state index contributed by atoms with van der Waals surface area (Å²) in [5.41, 5.74) is 1.73. The molecule has 0 spiro atoms. The molecule has 5 nitrogen and oxygen atoms in total. The number of halogens is 1. The van der Waals surface area contributed by atoms with Crippen LogP contribution in [0.1, 0.15) is 18.9 Å². The molecule has 1 fully saturated rings. The van der Waals surface area contributed by atoms with Crippen molar-refractivity contribution in [2.45, 2.75) is 18.2 Å². The van der Waals surface area contributed by atoms with E-state index in [2.05, 4.69) is 4.90 Å². The number of sulfonamides is 1. The largest absolute Gasteiger partial charge is 0.369 e. The van der Waals surface area contributed by atoms with E-state index in [1.54, 1.807) is 37.3 Å². The number of anilines is 1. The second kappa shape index (κ2) is 8.90. The lowest BCUT2D eigenvalue weighted by atomic mass is 10.2. The molecule has 0 saturated carbocycles. The fourth-order valence-electron chi connectivity index (χ4n) is 3.07. The van der Waals surface area contributed by atoms with Crippen LogP contribution in [0, 0.1) is 0 Å². The molecule has 1 aliphatic heterocycles. The summed E-state index contributed by atoms with van der Waals surface area (Å²) in [6.07, 6.45) is 3.56. The predicted octanol–water partition coefficient (Wildman–Crippen LogP) is 3.84. The normalized spacial score (nSPS) is 15.9. The van der Waals surface area contributed by atoms with E-state index in [0.29, 0.717) is 43.2 Å². The van der Waals surface area contributed by atoms with Crippen molar-refractivity contribution in [1.29, 1.82) is 0 Å². The molecule has 1 heterocycles. The molecule has 1 saturated heterocycles. The van der Waals surface area contributed by atoms with Crippen molar-refractivity contribution in [2.24, 2.45) is 0 Å². The van der Waals surface area contributed by atoms with Gasteiger partial charge in [-0.05, 0) is 48.0 Å². The van der Waals surface area contributed by atoms with E-state index < -0.39 is 10.0 Å². The first-order valence-corrected chi connectivity index (χ1v) is 11.0. The van der Waals surface area contributed by atoms with E-state index in [4.69, 9.17) is 11.6 Å². The second-order valence-electron chi connectivity index (χ2n) is 6.59. The summed E-state index contributed by atoms with van der Waals surface area (Å²) >= 11 is 5.93. The Morgan fingerprint density at radius 2 is 1.75 bits per heavy atom. The highest BCUT2D eigenvalue weighted by Gasteiger charge is 2.28. The van der Waals surface area contributed by atoms with Gasteiger partial charge in [-0.3, -0.25) is 4.79 Å². The van der Waals surface area contributed by atoms with Crippen LogP contribution >= 0.6 is 11.6 Å². The van der Waals surface area contributed by atoms with Gasteiger partial charge in [0.05, 0.1) is 4.90 Å². The highest BCUT2D eigenvalue weighted by atomic mass is 35.5. The fourth-order valence-corrected chi connectivity index (χ4v) is 4.68. The number of hydrogen-bond acceptors (Lipinski definition) is 4. The molecule has 2 aromatic carbocycles. The molecule has 0 radical (unpaired) electrons. The molecular formula is C21H23ClN2O3S. The van der Waals surface area contributed by atoms with Gasteiger partial charge in [0.1, 0.15) is 0 Å². The van der Waals surface area contributed by atoms with E-state index in [-0.39, 0.29) is 10.7 Å². The maximum atomic E-state index is 13.0. The predicted molar refractivity (Wildman–Crippen MR) is 113 cm³/mol. The Kier molecular flexibility index (Phi) is 6.54. The third kappa shape index (κ3) is 4.82. The van der Waals surface area contributed by atoms with Gasteiger partial charge in [-0.25, -0.2) is 8.42 Å². The van der Waals surface area contributed by atoms with Gasteiger partial charge in [0, 0.05) is 43.3 Å². The standard InChI is InChI=1S/C21H23ClN2O3S/c1-2-20(25)11-6-17-4-3-5-21(16-17)28(26,27)24-14-12-23(13-15-24)19-9-7-18(22)8-10-19/h3-11,16H,2,12-15H2,1H3/b11-6+. The topological polar surface area (TPSA) is 57.7 Å². The highest BCUT2D eigenvalue weighted by Crippen LogP contribution is 2.23. The molecule has 0 atom stereocenters. The quantitative estimate of drug-likeness (QED) is 0.669. The van der Waals surface area contributed by atoms with Crippen molar-refractivity contribution in [3.63, 3.8) is 0 Å². The highest BCUT2D eigenvalue weighted by molar-refractivity contribution is 7.89. The molecule has 0 unspecified atom stereocenters. The molecule has 28 heavy (non-hydrogen) atoms. The number of piperazine rings is 1. The Balaban J connectivity index is 1.71. The van der Waals surface area contributed by atoms with Crippen LogP contribution in [0.3, 0.4) is 0 Å². The monoisotopic (exact) mass is 418 g/mol. The van der Waals surface area contributed by atoms with Gasteiger partial charge in [-0.1, -0.05) is 36.7 Å². The summed E-state index contributed by atoms with van der Waals surface area (Å²) in [7, 11) is -3.57. The number of nitrogens with zero attached hydrogens (tertiary/aromatic N) is 2. The van der Waals surface area contributed by atoms with E-state index in [1.807, 2.05) is 24.3 Å². The lowest BCUT2D eigenvalue weighted by molar-refractivity contribution is -0.114. The zero-order valence-corrected chi connectivity index (χ0v) is 17.3. The summed E-state index contributed by atoms with van der Waals surface area (Å²) in [6, 6.07) is 14.3. The summed E-state index contributed by atoms with van der Waals surface area (Å²) in [5, 5.41) is 0.680. The molecule has 0 N–H and O–H groups in total. The fraction of sp³-hybridized carbons (Fsp3) is 0.286. The van der Waals surface area contributed by atoms with Crippen LogP contribution in [0.15, 0.2) is 59.5 Å². The first kappa shape index (κ1) is 20.6. The molecule has 0 aliphatic carbocycles. The number of allylic oxidation sites excluding steroid dienone is 1. The number of benzene rings is 2. The summed E-state index contributed by atoms with van der Waals surface area (Å²) in [5.74, 6) is 0.00609. The zero-order chi connectivity index (χ0) is 20.1. The molecule has 0 bridgehead atoms. The van der Waals surface area contributed by atoms with E-state index in [9.17, 15) is 13.2 Å². The van der Waals surface area contributed by atoms with Gasteiger partial charge in [-0.2, -0.15) is 4.31 Å². The van der Waals surface area contributed by atoms with E-state index in [0.717, 1.165) is 5.69 Å². The first-order chi connectivity index (χ1) is 13.4. The van der Waals surface area contributed by atoms with Crippen molar-refractivity contribution >= 4 is 39.2 Å². The van der Waals surface area contributed by atoms with Gasteiger partial charge < -0.3 is 4.90 Å². The van der Waals surface area contributed by atoms with E-state index in [1.165, 1.54) is 10.4 Å². The van der Waals surface area contributed by atoms with Crippen LogP contribution in [0.5, 0.6) is 0 Å². The minimum Gasteiger partial charge on any atom is -0.369 e. The minimum atomic E-state index is -3.57. The van der Waals surface area contributed by atoms with Gasteiger partial charge in [0.2, 0.25) is 10.0 Å². The minimum absolute atomic E-state index is 0.00609. The van der Waals surface area contributed by atoms with Crippen LogP contribution in [-0.4, -0.2) is 44.7 Å². The van der Waals surface area contributed by atoms with Crippen molar-refractivity contribution in [2.75, 3.05) is 31.1 Å². The Labute approximate surface area is 171 Å². The van der Waals surface area contributed by atoms with Gasteiger partial charge >= 0.3 is 0 Å². The van der Waals surface area contributed by atoms with Gasteiger partial charge in [0.15, 0.2) is 5.78 Å². The molecule has 0 aromatic heterocycles. The number of hydrogen-bond donors (Lipinski definition) is 0. The first-order valence-electron chi connectivity index (χ1n) is 9.22. The third-order valence-corrected chi connectivity index (χ3v) is 6.88. The number of carbonyl (C=O) groups excluding carboxylic acids is 1. The third-order valence-electron chi connectivity index (χ3n) is 4.74. The lowest BCUT2D eigenvalue weighted by Gasteiger charge is -2.35. The molecular weight excluding hydrogens is 396 g/mol. The maximum Gasteiger partial charge on any atom is 0.243 e. The van der Waals surface area contributed by atoms with E-state index >= 15 is 0 Å². The van der Waals surface area contributed by atoms with Crippen molar-refractivity contribution < 1.29 is 13.2 Å². The average molecular weight is 419 g/mol.